The van der Waals surface area contributed by atoms with Crippen LogP contribution in [0.2, 0.25) is 0 Å². The molecular formula is C58H38N4. The zero-order valence-electron chi connectivity index (χ0n) is 33.7. The van der Waals surface area contributed by atoms with Gasteiger partial charge in [-0.3, -0.25) is 0 Å². The second-order valence-electron chi connectivity index (χ2n) is 15.4. The van der Waals surface area contributed by atoms with E-state index in [1.54, 1.807) is 0 Å². The zero-order valence-corrected chi connectivity index (χ0v) is 33.7. The minimum atomic E-state index is 0.691. The summed E-state index contributed by atoms with van der Waals surface area (Å²) in [4.78, 5) is 20.5. The van der Waals surface area contributed by atoms with Crippen molar-refractivity contribution in [1.29, 1.82) is 0 Å². The summed E-state index contributed by atoms with van der Waals surface area (Å²) in [6.45, 7) is 0. The molecule has 0 saturated carbocycles. The van der Waals surface area contributed by atoms with Crippen molar-refractivity contribution >= 4 is 21.5 Å². The quantitative estimate of drug-likeness (QED) is 0.144. The summed E-state index contributed by atoms with van der Waals surface area (Å²) in [5, 5.41) is 4.78. The molecule has 0 radical (unpaired) electrons. The number of aromatic nitrogens is 4. The van der Waals surface area contributed by atoms with Crippen molar-refractivity contribution in [3.8, 4) is 90.1 Å². The molecule has 0 N–H and O–H groups in total. The third kappa shape index (κ3) is 7.00. The Kier molecular flexibility index (Phi) is 9.49. The Hall–Kier alpha value is -8.34. The topological polar surface area (TPSA) is 51.6 Å². The Bertz CT molecular complexity index is 3040. The van der Waals surface area contributed by atoms with Crippen LogP contribution < -0.4 is 0 Å². The monoisotopic (exact) mass is 790 g/mol. The molecule has 11 rings (SSSR count). The van der Waals surface area contributed by atoms with E-state index in [2.05, 4.69) is 182 Å². The van der Waals surface area contributed by atoms with E-state index in [1.807, 2.05) is 48.5 Å². The molecule has 0 fully saturated rings. The predicted molar refractivity (Wildman–Crippen MR) is 256 cm³/mol. The molecule has 0 bridgehead atoms. The van der Waals surface area contributed by atoms with Gasteiger partial charge < -0.3 is 0 Å². The molecule has 290 valence electrons. The predicted octanol–water partition coefficient (Wildman–Crippen LogP) is 14.9. The lowest BCUT2D eigenvalue weighted by Gasteiger charge is -2.20. The molecule has 9 aromatic carbocycles. The smallest absolute Gasteiger partial charge is 0.160 e. The summed E-state index contributed by atoms with van der Waals surface area (Å²) in [7, 11) is 0. The molecule has 0 atom stereocenters. The number of rotatable bonds is 8. The summed E-state index contributed by atoms with van der Waals surface area (Å²) >= 11 is 0. The van der Waals surface area contributed by atoms with Gasteiger partial charge in [0, 0.05) is 33.4 Å². The minimum Gasteiger partial charge on any atom is -0.228 e. The lowest BCUT2D eigenvalue weighted by atomic mass is 9.84. The maximum absolute atomic E-state index is 5.21. The third-order valence-corrected chi connectivity index (χ3v) is 11.5. The molecular weight excluding hydrogens is 753 g/mol. The number of fused-ring (bicyclic) bond motifs is 3. The van der Waals surface area contributed by atoms with Crippen LogP contribution in [0.3, 0.4) is 0 Å². The van der Waals surface area contributed by atoms with Crippen LogP contribution in [0.15, 0.2) is 231 Å². The van der Waals surface area contributed by atoms with Crippen molar-refractivity contribution in [2.75, 3.05) is 0 Å². The average Bonchev–Trinajstić information content (AvgIpc) is 3.37. The van der Waals surface area contributed by atoms with Gasteiger partial charge in [0.1, 0.15) is 0 Å². The molecule has 4 nitrogen and oxygen atoms in total. The van der Waals surface area contributed by atoms with Gasteiger partial charge in [0.15, 0.2) is 11.6 Å². The van der Waals surface area contributed by atoms with E-state index < -0.39 is 0 Å². The summed E-state index contributed by atoms with van der Waals surface area (Å²) in [6, 6.07) is 80.6. The molecule has 0 unspecified atom stereocenters. The van der Waals surface area contributed by atoms with Crippen LogP contribution in [-0.4, -0.2) is 19.9 Å². The van der Waals surface area contributed by atoms with Gasteiger partial charge in [0.25, 0.3) is 0 Å². The van der Waals surface area contributed by atoms with Crippen LogP contribution in [-0.2, 0) is 0 Å². The fraction of sp³-hybridized carbons (Fsp3) is 0. The van der Waals surface area contributed by atoms with Crippen LogP contribution >= 0.6 is 0 Å². The SMILES string of the molecule is c1ccc(-c2cc(-c3cccc(-c4c(-c5cccc(-c6cc(-c7ccccc7)nc(-c7ccccc7)n6)c5)c5ccccc5c5ccccc45)c3)nc(-c3ccccc3)n2)cc1. The highest BCUT2D eigenvalue weighted by atomic mass is 14.9. The van der Waals surface area contributed by atoms with Crippen molar-refractivity contribution in [3.63, 3.8) is 0 Å². The first-order valence-corrected chi connectivity index (χ1v) is 20.9. The summed E-state index contributed by atoms with van der Waals surface area (Å²) < 4.78 is 0. The third-order valence-electron chi connectivity index (χ3n) is 11.5. The molecule has 2 aromatic heterocycles. The van der Waals surface area contributed by atoms with Crippen molar-refractivity contribution in [2.24, 2.45) is 0 Å². The highest BCUT2D eigenvalue weighted by Gasteiger charge is 2.20. The van der Waals surface area contributed by atoms with Crippen LogP contribution in [0, 0.1) is 0 Å². The summed E-state index contributed by atoms with van der Waals surface area (Å²) in [5.41, 5.74) is 14.1. The number of nitrogens with zero attached hydrogens (tertiary/aromatic N) is 4. The first kappa shape index (κ1) is 36.7. The fourth-order valence-corrected chi connectivity index (χ4v) is 8.55. The molecule has 0 aliphatic carbocycles. The van der Waals surface area contributed by atoms with Crippen molar-refractivity contribution in [2.45, 2.75) is 0 Å². The minimum absolute atomic E-state index is 0.691. The molecule has 0 aliphatic heterocycles. The second kappa shape index (κ2) is 16.0. The highest BCUT2D eigenvalue weighted by Crippen LogP contribution is 2.46. The largest absolute Gasteiger partial charge is 0.228 e. The normalized spacial score (nSPS) is 11.2. The van der Waals surface area contributed by atoms with Crippen LogP contribution in [0.1, 0.15) is 0 Å². The van der Waals surface area contributed by atoms with Gasteiger partial charge in [-0.1, -0.05) is 206 Å². The van der Waals surface area contributed by atoms with E-state index in [-0.39, 0.29) is 0 Å². The Labute approximate surface area is 360 Å². The standard InChI is InChI=1S/C58H38N4/c1-5-19-39(20-6-1)51-37-53(61-57(59-51)41-23-9-3-10-24-41)43-27-17-29-45(35-43)55-49-33-15-13-31-47(49)48-32-14-16-34-50(48)56(55)46-30-18-28-44(36-46)54-38-52(40-21-7-2-8-22-40)60-58(62-54)42-25-11-4-12-26-42/h1-38H. The number of benzene rings is 9. The van der Waals surface area contributed by atoms with Crippen molar-refractivity contribution in [1.82, 2.24) is 19.9 Å². The Morgan fingerprint density at radius 1 is 0.194 bits per heavy atom. The highest BCUT2D eigenvalue weighted by molar-refractivity contribution is 6.21. The van der Waals surface area contributed by atoms with E-state index in [0.29, 0.717) is 11.6 Å². The Morgan fingerprint density at radius 3 is 0.839 bits per heavy atom. The van der Waals surface area contributed by atoms with E-state index in [1.165, 1.54) is 21.5 Å². The van der Waals surface area contributed by atoms with Gasteiger partial charge in [0.2, 0.25) is 0 Å². The molecule has 4 heteroatoms. The molecule has 0 spiro atoms. The first-order chi connectivity index (χ1) is 30.7. The van der Waals surface area contributed by atoms with Gasteiger partial charge >= 0.3 is 0 Å². The first-order valence-electron chi connectivity index (χ1n) is 20.9. The molecule has 0 aliphatic rings. The van der Waals surface area contributed by atoms with Crippen LogP contribution in [0.25, 0.3) is 112 Å². The molecule has 11 aromatic rings. The number of hydrogen-bond donors (Lipinski definition) is 0. The van der Waals surface area contributed by atoms with Crippen LogP contribution in [0.4, 0.5) is 0 Å². The fourth-order valence-electron chi connectivity index (χ4n) is 8.55. The van der Waals surface area contributed by atoms with Crippen molar-refractivity contribution in [3.05, 3.63) is 231 Å². The van der Waals surface area contributed by atoms with E-state index in [9.17, 15) is 0 Å². The Morgan fingerprint density at radius 2 is 0.468 bits per heavy atom. The lowest BCUT2D eigenvalue weighted by molar-refractivity contribution is 1.18. The zero-order chi connectivity index (χ0) is 41.2. The Balaban J connectivity index is 1.12. The summed E-state index contributed by atoms with van der Waals surface area (Å²) in [5.74, 6) is 1.38. The van der Waals surface area contributed by atoms with Crippen LogP contribution in [0.5, 0.6) is 0 Å². The second-order valence-corrected chi connectivity index (χ2v) is 15.4. The molecule has 2 heterocycles. The van der Waals surface area contributed by atoms with Crippen molar-refractivity contribution < 1.29 is 0 Å². The molecule has 0 saturated heterocycles. The lowest BCUT2D eigenvalue weighted by Crippen LogP contribution is -1.97. The van der Waals surface area contributed by atoms with Gasteiger partial charge in [-0.15, -0.1) is 0 Å². The van der Waals surface area contributed by atoms with Gasteiger partial charge in [-0.2, -0.15) is 0 Å². The van der Waals surface area contributed by atoms with Gasteiger partial charge in [0.05, 0.1) is 22.8 Å². The maximum Gasteiger partial charge on any atom is 0.160 e. The van der Waals surface area contributed by atoms with E-state index in [0.717, 1.165) is 78.4 Å². The average molecular weight is 791 g/mol. The maximum atomic E-state index is 5.21. The number of hydrogen-bond acceptors (Lipinski definition) is 4. The molecule has 62 heavy (non-hydrogen) atoms. The summed E-state index contributed by atoms with van der Waals surface area (Å²) in [6.07, 6.45) is 0. The van der Waals surface area contributed by atoms with Gasteiger partial charge in [-0.25, -0.2) is 19.9 Å². The van der Waals surface area contributed by atoms with E-state index >= 15 is 0 Å². The van der Waals surface area contributed by atoms with Gasteiger partial charge in [-0.05, 0) is 68.1 Å². The molecule has 0 amide bonds. The van der Waals surface area contributed by atoms with E-state index in [4.69, 9.17) is 19.9 Å².